The summed E-state index contributed by atoms with van der Waals surface area (Å²) in [6.07, 6.45) is 6.75. The van der Waals surface area contributed by atoms with Gasteiger partial charge in [0.2, 0.25) is 0 Å². The van der Waals surface area contributed by atoms with E-state index < -0.39 is 8.32 Å². The van der Waals surface area contributed by atoms with Crippen LogP contribution in [0.3, 0.4) is 0 Å². The number of rotatable bonds is 9. The summed E-state index contributed by atoms with van der Waals surface area (Å²) >= 11 is 0. The molecule has 3 heteroatoms. The van der Waals surface area contributed by atoms with Crippen molar-refractivity contribution in [3.8, 4) is 0 Å². The molecule has 3 aromatic carbocycles. The van der Waals surface area contributed by atoms with Gasteiger partial charge in [0.1, 0.15) is 0 Å². The maximum Gasteiger partial charge on any atom is 0.261 e. The van der Waals surface area contributed by atoms with Crippen molar-refractivity contribution >= 4 is 18.7 Å². The second-order valence-electron chi connectivity index (χ2n) is 10.4. The standard InChI is InChI=1S/C31H38O2Si/c1-31(2,3)34(29-19-9-5-10-20-29,30-21-11-6-12-22-30)33-25-28-18-14-13-17-27(28)24-32-23-26-15-7-4-8-16-26/h4-16,19-22,27-28H,17-18,23-25H2,1-3H3/t27-,28-/m1/s1. The Bertz CT molecular complexity index is 986. The molecule has 34 heavy (non-hydrogen) atoms. The fraction of sp³-hybridized carbons (Fsp3) is 0.355. The highest BCUT2D eigenvalue weighted by molar-refractivity contribution is 6.99. The zero-order valence-corrected chi connectivity index (χ0v) is 21.8. The van der Waals surface area contributed by atoms with Crippen molar-refractivity contribution in [1.82, 2.24) is 0 Å². The summed E-state index contributed by atoms with van der Waals surface area (Å²) in [5.74, 6) is 0.939. The lowest BCUT2D eigenvalue weighted by Crippen LogP contribution is -2.67. The highest BCUT2D eigenvalue weighted by atomic mass is 28.4. The van der Waals surface area contributed by atoms with E-state index in [1.807, 2.05) is 6.07 Å². The highest BCUT2D eigenvalue weighted by Gasteiger charge is 2.50. The fourth-order valence-corrected chi connectivity index (χ4v) is 9.85. The molecule has 0 bridgehead atoms. The van der Waals surface area contributed by atoms with Crippen molar-refractivity contribution < 1.29 is 9.16 Å². The van der Waals surface area contributed by atoms with Crippen LogP contribution in [0.2, 0.25) is 5.04 Å². The van der Waals surface area contributed by atoms with Crippen LogP contribution in [-0.2, 0) is 15.8 Å². The van der Waals surface area contributed by atoms with Crippen LogP contribution in [0, 0.1) is 11.8 Å². The van der Waals surface area contributed by atoms with E-state index in [4.69, 9.17) is 9.16 Å². The van der Waals surface area contributed by atoms with Crippen LogP contribution in [-0.4, -0.2) is 21.5 Å². The Balaban J connectivity index is 1.54. The van der Waals surface area contributed by atoms with E-state index in [-0.39, 0.29) is 5.04 Å². The molecule has 0 heterocycles. The van der Waals surface area contributed by atoms with Crippen molar-refractivity contribution in [2.75, 3.05) is 13.2 Å². The predicted molar refractivity (Wildman–Crippen MR) is 145 cm³/mol. The highest BCUT2D eigenvalue weighted by Crippen LogP contribution is 2.38. The van der Waals surface area contributed by atoms with E-state index in [1.165, 1.54) is 15.9 Å². The van der Waals surface area contributed by atoms with Crippen molar-refractivity contribution in [3.05, 3.63) is 109 Å². The molecule has 1 aliphatic rings. The first-order valence-electron chi connectivity index (χ1n) is 12.5. The van der Waals surface area contributed by atoms with Crippen LogP contribution in [0.4, 0.5) is 0 Å². The third kappa shape index (κ3) is 5.60. The summed E-state index contributed by atoms with van der Waals surface area (Å²) in [4.78, 5) is 0. The number of allylic oxidation sites excluding steroid dienone is 2. The first-order valence-corrected chi connectivity index (χ1v) is 14.4. The molecule has 0 amide bonds. The molecule has 0 radical (unpaired) electrons. The molecular weight excluding hydrogens is 432 g/mol. The van der Waals surface area contributed by atoms with E-state index in [0.29, 0.717) is 18.4 Å². The number of hydrogen-bond donors (Lipinski definition) is 0. The van der Waals surface area contributed by atoms with Gasteiger partial charge in [0.15, 0.2) is 0 Å². The summed E-state index contributed by atoms with van der Waals surface area (Å²) < 4.78 is 13.4. The minimum Gasteiger partial charge on any atom is -0.407 e. The van der Waals surface area contributed by atoms with E-state index in [1.54, 1.807) is 0 Å². The first-order chi connectivity index (χ1) is 16.5. The van der Waals surface area contributed by atoms with Crippen LogP contribution >= 0.6 is 0 Å². The average Bonchev–Trinajstić information content (AvgIpc) is 2.86. The van der Waals surface area contributed by atoms with Crippen molar-refractivity contribution in [3.63, 3.8) is 0 Å². The van der Waals surface area contributed by atoms with Crippen molar-refractivity contribution in [1.29, 1.82) is 0 Å². The monoisotopic (exact) mass is 470 g/mol. The topological polar surface area (TPSA) is 18.5 Å². The smallest absolute Gasteiger partial charge is 0.261 e. The molecule has 0 unspecified atom stereocenters. The second-order valence-corrected chi connectivity index (χ2v) is 14.7. The molecule has 0 aliphatic heterocycles. The van der Waals surface area contributed by atoms with E-state index >= 15 is 0 Å². The molecule has 0 aromatic heterocycles. The molecule has 0 saturated carbocycles. The summed E-state index contributed by atoms with van der Waals surface area (Å²) in [7, 11) is -2.51. The third-order valence-electron chi connectivity index (χ3n) is 7.09. The van der Waals surface area contributed by atoms with Gasteiger partial charge in [-0.2, -0.15) is 0 Å². The van der Waals surface area contributed by atoms with Gasteiger partial charge < -0.3 is 9.16 Å². The summed E-state index contributed by atoms with van der Waals surface area (Å²) in [6, 6.07) is 32.3. The maximum atomic E-state index is 7.25. The molecular formula is C31H38O2Si. The lowest BCUT2D eigenvalue weighted by atomic mass is 9.84. The van der Waals surface area contributed by atoms with Crippen LogP contribution in [0.5, 0.6) is 0 Å². The van der Waals surface area contributed by atoms with Gasteiger partial charge in [-0.15, -0.1) is 0 Å². The molecule has 2 atom stereocenters. The molecule has 4 rings (SSSR count). The molecule has 178 valence electrons. The molecule has 2 nitrogen and oxygen atoms in total. The van der Waals surface area contributed by atoms with Gasteiger partial charge in [-0.05, 0) is 45.7 Å². The average molecular weight is 471 g/mol. The fourth-order valence-electron chi connectivity index (χ4n) is 5.23. The van der Waals surface area contributed by atoms with Gasteiger partial charge >= 0.3 is 0 Å². The van der Waals surface area contributed by atoms with Crippen LogP contribution < -0.4 is 10.4 Å². The summed E-state index contributed by atoms with van der Waals surface area (Å²) in [6.45, 7) is 9.25. The first kappa shape index (κ1) is 24.7. The van der Waals surface area contributed by atoms with Gasteiger partial charge in [-0.25, -0.2) is 0 Å². The van der Waals surface area contributed by atoms with Gasteiger partial charge in [0.05, 0.1) is 13.2 Å². The predicted octanol–water partition coefficient (Wildman–Crippen LogP) is 6.36. The zero-order chi connectivity index (χ0) is 23.9. The molecule has 0 spiro atoms. The lowest BCUT2D eigenvalue weighted by Gasteiger charge is -2.44. The van der Waals surface area contributed by atoms with Crippen LogP contribution in [0.25, 0.3) is 0 Å². The summed E-state index contributed by atoms with van der Waals surface area (Å²) in [5.41, 5.74) is 1.23. The number of ether oxygens (including phenoxy) is 1. The van der Waals surface area contributed by atoms with Crippen molar-refractivity contribution in [2.24, 2.45) is 11.8 Å². The van der Waals surface area contributed by atoms with E-state index in [9.17, 15) is 0 Å². The van der Waals surface area contributed by atoms with Gasteiger partial charge in [0.25, 0.3) is 8.32 Å². The van der Waals surface area contributed by atoms with Crippen molar-refractivity contribution in [2.45, 2.75) is 45.3 Å². The van der Waals surface area contributed by atoms with Gasteiger partial charge in [0, 0.05) is 6.61 Å². The Hall–Kier alpha value is -2.46. The number of benzene rings is 3. The molecule has 0 saturated heterocycles. The minimum absolute atomic E-state index is 0.000477. The molecule has 3 aromatic rings. The Morgan fingerprint density at radius 3 is 1.65 bits per heavy atom. The Morgan fingerprint density at radius 1 is 0.676 bits per heavy atom. The van der Waals surface area contributed by atoms with Gasteiger partial charge in [-0.3, -0.25) is 0 Å². The Kier molecular flexibility index (Phi) is 8.20. The normalized spacial score (nSPS) is 18.7. The van der Waals surface area contributed by atoms with Crippen LogP contribution in [0.1, 0.15) is 39.2 Å². The zero-order valence-electron chi connectivity index (χ0n) is 20.8. The van der Waals surface area contributed by atoms with Crippen LogP contribution in [0.15, 0.2) is 103 Å². The lowest BCUT2D eigenvalue weighted by molar-refractivity contribution is 0.0507. The maximum absolute atomic E-state index is 7.25. The summed E-state index contributed by atoms with van der Waals surface area (Å²) in [5, 5.41) is 2.69. The molecule has 1 aliphatic carbocycles. The Morgan fingerprint density at radius 2 is 1.15 bits per heavy atom. The quantitative estimate of drug-likeness (QED) is 0.267. The third-order valence-corrected chi connectivity index (χ3v) is 12.1. The molecule has 0 N–H and O–H groups in total. The second kappa shape index (κ2) is 11.3. The molecule has 0 fully saturated rings. The van der Waals surface area contributed by atoms with E-state index in [2.05, 4.69) is 118 Å². The van der Waals surface area contributed by atoms with Gasteiger partial charge in [-0.1, -0.05) is 124 Å². The SMILES string of the molecule is CC(C)(C)[Si](OC[C@H]1CC=CC[C@@H]1COCc1ccccc1)(c1ccccc1)c1ccccc1. The Labute approximate surface area is 206 Å². The number of hydrogen-bond acceptors (Lipinski definition) is 2. The van der Waals surface area contributed by atoms with E-state index in [0.717, 1.165) is 26.1 Å². The minimum atomic E-state index is -2.51. The largest absolute Gasteiger partial charge is 0.407 e.